The van der Waals surface area contributed by atoms with Crippen LogP contribution in [0, 0.1) is 11.8 Å². The zero-order chi connectivity index (χ0) is 14.0. The highest BCUT2D eigenvalue weighted by Gasteiger charge is 2.27. The average Bonchev–Trinajstić information content (AvgIpc) is 2.36. The first-order chi connectivity index (χ1) is 8.99. The lowest BCUT2D eigenvalue weighted by molar-refractivity contribution is 0.0900. The van der Waals surface area contributed by atoms with Gasteiger partial charge in [0.25, 0.3) is 5.91 Å². The van der Waals surface area contributed by atoms with Crippen molar-refractivity contribution >= 4 is 23.2 Å². The molecule has 3 N–H and O–H groups in total. The summed E-state index contributed by atoms with van der Waals surface area (Å²) in [4.78, 5) is 12.3. The lowest BCUT2D eigenvalue weighted by atomic mass is 9.80. The van der Waals surface area contributed by atoms with Crippen molar-refractivity contribution in [1.82, 2.24) is 5.32 Å². The number of nitrogen functional groups attached to an aromatic ring is 1. The molecule has 4 heteroatoms. The molecular weight excluding hydrogens is 260 g/mol. The fraction of sp³-hybridized carbons (Fsp3) is 0.533. The first kappa shape index (κ1) is 14.2. The molecule has 1 saturated carbocycles. The van der Waals surface area contributed by atoms with Gasteiger partial charge in [-0.15, -0.1) is 0 Å². The minimum absolute atomic E-state index is 0.122. The van der Waals surface area contributed by atoms with Gasteiger partial charge in [-0.1, -0.05) is 31.5 Å². The molecule has 3 unspecified atom stereocenters. The van der Waals surface area contributed by atoms with Gasteiger partial charge >= 0.3 is 0 Å². The molecule has 1 aliphatic rings. The van der Waals surface area contributed by atoms with Crippen molar-refractivity contribution < 1.29 is 4.79 Å². The molecule has 1 fully saturated rings. The molecule has 1 amide bonds. The highest BCUT2D eigenvalue weighted by molar-refractivity contribution is 6.36. The van der Waals surface area contributed by atoms with E-state index < -0.39 is 0 Å². The number of rotatable bonds is 2. The summed E-state index contributed by atoms with van der Waals surface area (Å²) in [5.41, 5.74) is 6.63. The Labute approximate surface area is 119 Å². The zero-order valence-electron chi connectivity index (χ0n) is 11.4. The summed E-state index contributed by atoms with van der Waals surface area (Å²) in [7, 11) is 0. The van der Waals surface area contributed by atoms with E-state index in [-0.39, 0.29) is 11.9 Å². The second-order valence-electron chi connectivity index (χ2n) is 5.68. The number of anilines is 1. The summed E-state index contributed by atoms with van der Waals surface area (Å²) < 4.78 is 0. The van der Waals surface area contributed by atoms with Gasteiger partial charge in [0.1, 0.15) is 0 Å². The highest BCUT2D eigenvalue weighted by Crippen LogP contribution is 2.29. The molecule has 0 aromatic heterocycles. The Hall–Kier alpha value is -1.22. The predicted molar refractivity (Wildman–Crippen MR) is 79.3 cm³/mol. The molecule has 3 nitrogen and oxygen atoms in total. The molecule has 19 heavy (non-hydrogen) atoms. The molecule has 0 saturated heterocycles. The van der Waals surface area contributed by atoms with E-state index in [0.29, 0.717) is 22.2 Å². The molecule has 0 spiro atoms. The van der Waals surface area contributed by atoms with E-state index in [9.17, 15) is 4.79 Å². The summed E-state index contributed by atoms with van der Waals surface area (Å²) in [6.07, 6.45) is 3.36. The van der Waals surface area contributed by atoms with Gasteiger partial charge in [-0.05, 0) is 43.2 Å². The number of carbonyl (C=O) groups excluding carboxylic acids is 1. The van der Waals surface area contributed by atoms with Crippen LogP contribution < -0.4 is 11.1 Å². The van der Waals surface area contributed by atoms with Gasteiger partial charge in [-0.2, -0.15) is 0 Å². The maximum atomic E-state index is 12.3. The van der Waals surface area contributed by atoms with Crippen molar-refractivity contribution in [1.29, 1.82) is 0 Å². The monoisotopic (exact) mass is 280 g/mol. The Morgan fingerprint density at radius 3 is 2.79 bits per heavy atom. The average molecular weight is 281 g/mol. The summed E-state index contributed by atoms with van der Waals surface area (Å²) in [5.74, 6) is 1.13. The Morgan fingerprint density at radius 1 is 1.37 bits per heavy atom. The van der Waals surface area contributed by atoms with E-state index in [0.717, 1.165) is 18.8 Å². The van der Waals surface area contributed by atoms with Crippen LogP contribution >= 0.6 is 11.6 Å². The maximum Gasteiger partial charge on any atom is 0.253 e. The van der Waals surface area contributed by atoms with E-state index in [1.807, 2.05) is 0 Å². The van der Waals surface area contributed by atoms with Crippen LogP contribution in [-0.2, 0) is 0 Å². The molecule has 0 bridgehead atoms. The van der Waals surface area contributed by atoms with Crippen LogP contribution in [0.1, 0.15) is 43.5 Å². The smallest absolute Gasteiger partial charge is 0.253 e. The van der Waals surface area contributed by atoms with Gasteiger partial charge in [0.2, 0.25) is 0 Å². The Balaban J connectivity index is 2.07. The molecule has 3 atom stereocenters. The fourth-order valence-corrected chi connectivity index (χ4v) is 3.06. The minimum atomic E-state index is -0.122. The molecule has 0 radical (unpaired) electrons. The van der Waals surface area contributed by atoms with E-state index >= 15 is 0 Å². The van der Waals surface area contributed by atoms with Crippen molar-refractivity contribution in [2.75, 3.05) is 5.73 Å². The minimum Gasteiger partial charge on any atom is -0.398 e. The highest BCUT2D eigenvalue weighted by atomic mass is 35.5. The molecular formula is C15H21ClN2O. The van der Waals surface area contributed by atoms with Gasteiger partial charge in [0, 0.05) is 6.04 Å². The quantitative estimate of drug-likeness (QED) is 0.815. The Bertz CT molecular complexity index is 475. The number of nitrogens with one attached hydrogen (secondary N) is 1. The van der Waals surface area contributed by atoms with Gasteiger partial charge in [0.05, 0.1) is 16.3 Å². The lowest BCUT2D eigenvalue weighted by Crippen LogP contribution is -2.42. The van der Waals surface area contributed by atoms with Crippen LogP contribution in [0.2, 0.25) is 5.02 Å². The topological polar surface area (TPSA) is 55.1 Å². The van der Waals surface area contributed by atoms with E-state index in [4.69, 9.17) is 17.3 Å². The zero-order valence-corrected chi connectivity index (χ0v) is 12.2. The number of hydrogen-bond donors (Lipinski definition) is 2. The molecule has 0 aliphatic heterocycles. The summed E-state index contributed by atoms with van der Waals surface area (Å²) >= 11 is 6.08. The van der Waals surface area contributed by atoms with Gasteiger partial charge in [-0.25, -0.2) is 0 Å². The number of benzene rings is 1. The second-order valence-corrected chi connectivity index (χ2v) is 6.06. The number of nitrogens with two attached hydrogens (primary N) is 1. The molecule has 1 aliphatic carbocycles. The molecule has 1 aromatic carbocycles. The third-order valence-electron chi connectivity index (χ3n) is 4.02. The standard InChI is InChI=1S/C15H21ClN2O/c1-9-6-7-13(10(2)8-9)18-15(19)11-4-3-5-12(17)14(11)16/h3-5,9-10,13H,6-8,17H2,1-2H3,(H,18,19). The second kappa shape index (κ2) is 5.83. The first-order valence-corrected chi connectivity index (χ1v) is 7.21. The largest absolute Gasteiger partial charge is 0.398 e. The third-order valence-corrected chi connectivity index (χ3v) is 4.44. The van der Waals surface area contributed by atoms with Gasteiger partial charge in [-0.3, -0.25) is 4.79 Å². The first-order valence-electron chi connectivity index (χ1n) is 6.84. The molecule has 104 valence electrons. The number of carbonyl (C=O) groups is 1. The summed E-state index contributed by atoms with van der Waals surface area (Å²) in [6, 6.07) is 5.40. The van der Waals surface area contributed by atoms with Crippen LogP contribution in [0.15, 0.2) is 18.2 Å². The van der Waals surface area contributed by atoms with Crippen molar-refractivity contribution in [2.24, 2.45) is 11.8 Å². The number of amides is 1. The van der Waals surface area contributed by atoms with E-state index in [2.05, 4.69) is 19.2 Å². The van der Waals surface area contributed by atoms with Gasteiger partial charge < -0.3 is 11.1 Å². The SMILES string of the molecule is CC1CCC(NC(=O)c2cccc(N)c2Cl)C(C)C1. The third kappa shape index (κ3) is 3.21. The predicted octanol–water partition coefficient (Wildman–Crippen LogP) is 3.48. The van der Waals surface area contributed by atoms with Crippen molar-refractivity contribution in [2.45, 2.75) is 39.2 Å². The molecule has 1 aromatic rings. The van der Waals surface area contributed by atoms with Crippen LogP contribution in [0.3, 0.4) is 0 Å². The van der Waals surface area contributed by atoms with Crippen molar-refractivity contribution in [3.05, 3.63) is 28.8 Å². The van der Waals surface area contributed by atoms with Crippen LogP contribution in [-0.4, -0.2) is 11.9 Å². The summed E-state index contributed by atoms with van der Waals surface area (Å²) in [6.45, 7) is 4.46. The number of hydrogen-bond acceptors (Lipinski definition) is 2. The van der Waals surface area contributed by atoms with Gasteiger partial charge in [0.15, 0.2) is 0 Å². The van der Waals surface area contributed by atoms with Crippen LogP contribution in [0.4, 0.5) is 5.69 Å². The molecule has 2 rings (SSSR count). The normalized spacial score (nSPS) is 27.0. The van der Waals surface area contributed by atoms with Crippen molar-refractivity contribution in [3.63, 3.8) is 0 Å². The number of halogens is 1. The Kier molecular flexibility index (Phi) is 4.35. The fourth-order valence-electron chi connectivity index (χ4n) is 2.85. The van der Waals surface area contributed by atoms with Crippen LogP contribution in [0.5, 0.6) is 0 Å². The van der Waals surface area contributed by atoms with Crippen molar-refractivity contribution in [3.8, 4) is 0 Å². The summed E-state index contributed by atoms with van der Waals surface area (Å²) in [5, 5.41) is 3.44. The van der Waals surface area contributed by atoms with Crippen LogP contribution in [0.25, 0.3) is 0 Å². The lowest BCUT2D eigenvalue weighted by Gasteiger charge is -2.33. The van der Waals surface area contributed by atoms with E-state index in [1.54, 1.807) is 18.2 Å². The molecule has 0 heterocycles. The Morgan fingerprint density at radius 2 is 2.11 bits per heavy atom. The maximum absolute atomic E-state index is 12.3. The van der Waals surface area contributed by atoms with E-state index in [1.165, 1.54) is 6.42 Å².